The van der Waals surface area contributed by atoms with Gasteiger partial charge in [-0.05, 0) is 53.8 Å². The van der Waals surface area contributed by atoms with E-state index >= 15 is 0 Å². The Labute approximate surface area is 170 Å². The van der Waals surface area contributed by atoms with E-state index in [9.17, 15) is 9.90 Å². The highest BCUT2D eigenvalue weighted by Crippen LogP contribution is 2.28. The highest BCUT2D eigenvalue weighted by molar-refractivity contribution is 6.58. The molecular weight excluding hydrogens is 382 g/mol. The summed E-state index contributed by atoms with van der Waals surface area (Å²) in [6, 6.07) is 15.9. The number of aromatic hydroxyl groups is 1. The van der Waals surface area contributed by atoms with Gasteiger partial charge in [-0.15, -0.1) is 0 Å². The maximum atomic E-state index is 13.6. The second kappa shape index (κ2) is 7.60. The zero-order valence-electron chi connectivity index (χ0n) is 16.5. The topological polar surface area (TPSA) is 75.8 Å². The summed E-state index contributed by atoms with van der Waals surface area (Å²) in [5, 5.41) is 13.1. The first-order valence-corrected chi connectivity index (χ1v) is 11.9. The van der Waals surface area contributed by atoms with Crippen molar-refractivity contribution in [3.05, 3.63) is 70.5 Å². The van der Waals surface area contributed by atoms with Gasteiger partial charge in [0.2, 0.25) is 0 Å². The average molecular weight is 405 g/mol. The molecule has 2 aromatic carbocycles. The number of rotatable bonds is 4. The van der Waals surface area contributed by atoms with E-state index in [4.69, 9.17) is 4.74 Å². The lowest BCUT2D eigenvalue weighted by Crippen LogP contribution is -2.37. The normalized spacial score (nSPS) is 15.1. The molecule has 1 aliphatic rings. The van der Waals surface area contributed by atoms with Crippen LogP contribution in [0.2, 0.25) is 13.1 Å². The predicted molar refractivity (Wildman–Crippen MR) is 118 cm³/mol. The Balaban J connectivity index is 1.94. The SMILES string of the molecule is COc1ccc(-c2cc3c(n(-c4ccc(O)cc4)c2=O)NC([Si-](C)C)N=C3)cc1. The molecule has 0 fully saturated rings. The van der Waals surface area contributed by atoms with Crippen molar-refractivity contribution < 1.29 is 9.84 Å². The van der Waals surface area contributed by atoms with Crippen LogP contribution in [-0.4, -0.2) is 37.6 Å². The molecule has 2 heterocycles. The minimum absolute atomic E-state index is 0.0119. The lowest BCUT2D eigenvalue weighted by molar-refractivity contribution is 0.415. The van der Waals surface area contributed by atoms with E-state index in [1.807, 2.05) is 36.5 Å². The monoisotopic (exact) mass is 404 g/mol. The summed E-state index contributed by atoms with van der Waals surface area (Å²) in [4.78, 5) is 18.2. The summed E-state index contributed by atoms with van der Waals surface area (Å²) < 4.78 is 6.89. The third-order valence-electron chi connectivity index (χ3n) is 4.92. The molecule has 1 atom stereocenters. The van der Waals surface area contributed by atoms with Crippen LogP contribution in [-0.2, 0) is 0 Å². The Morgan fingerprint density at radius 1 is 1.10 bits per heavy atom. The molecule has 29 heavy (non-hydrogen) atoms. The highest BCUT2D eigenvalue weighted by atomic mass is 28.3. The Morgan fingerprint density at radius 2 is 1.79 bits per heavy atom. The van der Waals surface area contributed by atoms with Crippen molar-refractivity contribution in [2.45, 2.75) is 18.9 Å². The number of nitrogens with zero attached hydrogens (tertiary/aromatic N) is 2. The van der Waals surface area contributed by atoms with E-state index in [1.165, 1.54) is 0 Å². The van der Waals surface area contributed by atoms with E-state index in [1.54, 1.807) is 35.9 Å². The Bertz CT molecular complexity index is 1120. The van der Waals surface area contributed by atoms with Gasteiger partial charge >= 0.3 is 0 Å². The number of aromatic nitrogens is 1. The van der Waals surface area contributed by atoms with E-state index in [2.05, 4.69) is 23.4 Å². The Kier molecular flexibility index (Phi) is 4.98. The lowest BCUT2D eigenvalue weighted by atomic mass is 10.0. The fraction of sp³-hybridized carbons (Fsp3) is 0.182. The number of anilines is 1. The number of phenolic OH excluding ortho intramolecular Hbond substituents is 1. The molecule has 1 aromatic heterocycles. The third-order valence-corrected chi connectivity index (χ3v) is 6.31. The first kappa shape index (κ1) is 19.0. The van der Waals surface area contributed by atoms with Gasteiger partial charge in [0.1, 0.15) is 17.3 Å². The van der Waals surface area contributed by atoms with Crippen LogP contribution in [0.4, 0.5) is 5.82 Å². The second-order valence-electron chi connectivity index (χ2n) is 7.15. The zero-order valence-corrected chi connectivity index (χ0v) is 17.5. The van der Waals surface area contributed by atoms with Crippen LogP contribution in [0.15, 0.2) is 64.4 Å². The Hall–Kier alpha value is -3.32. The maximum absolute atomic E-state index is 13.6. The molecule has 0 saturated heterocycles. The van der Waals surface area contributed by atoms with Gasteiger partial charge in [-0.25, -0.2) is 8.80 Å². The third kappa shape index (κ3) is 3.56. The predicted octanol–water partition coefficient (Wildman–Crippen LogP) is 3.68. The van der Waals surface area contributed by atoms with Crippen molar-refractivity contribution >= 4 is 20.8 Å². The summed E-state index contributed by atoms with van der Waals surface area (Å²) in [7, 11) is 0.871. The molecule has 0 spiro atoms. The second-order valence-corrected chi connectivity index (χ2v) is 9.85. The summed E-state index contributed by atoms with van der Waals surface area (Å²) >= 11 is 0. The minimum atomic E-state index is -0.742. The molecule has 1 aliphatic heterocycles. The smallest absolute Gasteiger partial charge is 0.264 e. The van der Waals surface area contributed by atoms with Gasteiger partial charge in [0.25, 0.3) is 5.56 Å². The van der Waals surface area contributed by atoms with Crippen LogP contribution >= 0.6 is 0 Å². The van der Waals surface area contributed by atoms with Crippen LogP contribution in [0.3, 0.4) is 0 Å². The molecule has 0 bridgehead atoms. The molecule has 4 rings (SSSR count). The van der Waals surface area contributed by atoms with Gasteiger partial charge in [0.15, 0.2) is 0 Å². The number of hydrogen-bond donors (Lipinski definition) is 2. The van der Waals surface area contributed by atoms with Crippen LogP contribution in [0.5, 0.6) is 11.5 Å². The van der Waals surface area contributed by atoms with Crippen molar-refractivity contribution in [3.63, 3.8) is 0 Å². The molecule has 7 heteroatoms. The molecule has 0 amide bonds. The van der Waals surface area contributed by atoms with Gasteiger partial charge in [0, 0.05) is 17.3 Å². The number of phenols is 1. The molecule has 148 valence electrons. The fourth-order valence-electron chi connectivity index (χ4n) is 3.32. The molecular formula is C22H22N3O3Si-. The zero-order chi connectivity index (χ0) is 20.5. The molecule has 1 unspecified atom stereocenters. The minimum Gasteiger partial charge on any atom is -0.508 e. The van der Waals surface area contributed by atoms with Gasteiger partial charge in [-0.3, -0.25) is 9.36 Å². The first-order chi connectivity index (χ1) is 14.0. The van der Waals surface area contributed by atoms with Crippen molar-refractivity contribution in [1.29, 1.82) is 0 Å². The van der Waals surface area contributed by atoms with Crippen molar-refractivity contribution in [2.24, 2.45) is 4.99 Å². The highest BCUT2D eigenvalue weighted by Gasteiger charge is 2.20. The first-order valence-electron chi connectivity index (χ1n) is 9.31. The molecule has 2 N–H and O–H groups in total. The molecule has 6 nitrogen and oxygen atoms in total. The van der Waals surface area contributed by atoms with E-state index in [-0.39, 0.29) is 17.1 Å². The van der Waals surface area contributed by atoms with Crippen LogP contribution in [0.1, 0.15) is 5.56 Å². The molecule has 0 saturated carbocycles. The molecule has 3 aromatic rings. The average Bonchev–Trinajstić information content (AvgIpc) is 2.74. The summed E-state index contributed by atoms with van der Waals surface area (Å²) in [5.41, 5.74) is 2.77. The number of hydrogen-bond acceptors (Lipinski definition) is 5. The van der Waals surface area contributed by atoms with Crippen LogP contribution < -0.4 is 15.6 Å². The van der Waals surface area contributed by atoms with E-state index < -0.39 is 8.80 Å². The van der Waals surface area contributed by atoms with Crippen LogP contribution in [0.25, 0.3) is 16.8 Å². The van der Waals surface area contributed by atoms with Crippen molar-refractivity contribution in [2.75, 3.05) is 12.4 Å². The van der Waals surface area contributed by atoms with E-state index in [0.717, 1.165) is 22.7 Å². The number of ether oxygens (including phenoxy) is 1. The van der Waals surface area contributed by atoms with Crippen LogP contribution in [0, 0.1) is 0 Å². The standard InChI is InChI=1S/C22H22N3O3Si/c1-28-18-10-4-14(5-11-18)19-12-15-13-23-22(29(2)3)24-20(15)25(21(19)27)16-6-8-17(26)9-7-16/h4-13,22,24,26H,1-3H3/q-1. The molecule has 0 aliphatic carbocycles. The summed E-state index contributed by atoms with van der Waals surface area (Å²) in [6.45, 7) is 4.36. The number of nitrogens with one attached hydrogen (secondary N) is 1. The summed E-state index contributed by atoms with van der Waals surface area (Å²) in [6.07, 6.45) is 1.84. The van der Waals surface area contributed by atoms with Gasteiger partial charge in [0.05, 0.1) is 12.8 Å². The maximum Gasteiger partial charge on any atom is 0.264 e. The van der Waals surface area contributed by atoms with Gasteiger partial charge in [-0.1, -0.05) is 12.1 Å². The van der Waals surface area contributed by atoms with Crippen molar-refractivity contribution in [1.82, 2.24) is 4.57 Å². The largest absolute Gasteiger partial charge is 0.508 e. The van der Waals surface area contributed by atoms with Gasteiger partial charge < -0.3 is 20.2 Å². The number of fused-ring (bicyclic) bond motifs is 1. The molecule has 0 radical (unpaired) electrons. The number of benzene rings is 2. The Morgan fingerprint density at radius 3 is 2.41 bits per heavy atom. The van der Waals surface area contributed by atoms with Crippen molar-refractivity contribution in [3.8, 4) is 28.3 Å². The lowest BCUT2D eigenvalue weighted by Gasteiger charge is -2.34. The van der Waals surface area contributed by atoms with Gasteiger partial charge in [-0.2, -0.15) is 13.1 Å². The summed E-state index contributed by atoms with van der Waals surface area (Å²) in [5.74, 6) is 1.60. The number of methoxy groups -OCH3 is 1. The number of pyridine rings is 1. The number of aliphatic imine (C=N–C) groups is 1. The quantitative estimate of drug-likeness (QED) is 0.651. The van der Waals surface area contributed by atoms with E-state index in [0.29, 0.717) is 11.3 Å². The fourth-order valence-corrected chi connectivity index (χ4v) is 4.12.